The average molecular weight is 377 g/mol. The number of fused-ring (bicyclic) bond motifs is 2. The van der Waals surface area contributed by atoms with E-state index in [-0.39, 0.29) is 0 Å². The average Bonchev–Trinajstić information content (AvgIpc) is 3.24. The minimum absolute atomic E-state index is 0.375. The fourth-order valence-corrected chi connectivity index (χ4v) is 5.13. The summed E-state index contributed by atoms with van der Waals surface area (Å²) in [6.07, 6.45) is 2.18. The third-order valence-electron chi connectivity index (χ3n) is 5.39. The van der Waals surface area contributed by atoms with Crippen molar-refractivity contribution in [1.82, 2.24) is 9.88 Å². The van der Waals surface area contributed by atoms with Gasteiger partial charge in [-0.25, -0.2) is 4.98 Å². The van der Waals surface area contributed by atoms with Gasteiger partial charge in [0, 0.05) is 12.5 Å². The maximum atomic E-state index is 12.4. The van der Waals surface area contributed by atoms with Gasteiger partial charge in [-0.3, -0.25) is 19.4 Å². The number of hydrogen-bond acceptors (Lipinski definition) is 5. The molecule has 2 aliphatic rings. The van der Waals surface area contributed by atoms with Gasteiger partial charge in [-0.05, 0) is 43.7 Å². The summed E-state index contributed by atoms with van der Waals surface area (Å²) < 4.78 is 1.22. The number of nitrogens with zero attached hydrogens (tertiary/aromatic N) is 3. The fourth-order valence-electron chi connectivity index (χ4n) is 4.04. The van der Waals surface area contributed by atoms with E-state index in [2.05, 4.69) is 17.0 Å². The maximum Gasteiger partial charge on any atom is 0.300 e. The third kappa shape index (κ3) is 2.85. The Bertz CT molecular complexity index is 1010. The van der Waals surface area contributed by atoms with Crippen molar-refractivity contribution < 1.29 is 9.59 Å². The molecule has 0 aliphatic carbocycles. The minimum Gasteiger partial charge on any atom is -0.291 e. The van der Waals surface area contributed by atoms with E-state index in [1.165, 1.54) is 9.71 Å². The summed E-state index contributed by atoms with van der Waals surface area (Å²) >= 11 is 1.77. The van der Waals surface area contributed by atoms with Gasteiger partial charge in [-0.1, -0.05) is 24.3 Å². The zero-order valence-corrected chi connectivity index (χ0v) is 15.6. The first-order valence-corrected chi connectivity index (χ1v) is 10.1. The zero-order valence-electron chi connectivity index (χ0n) is 14.8. The molecule has 2 aromatic carbocycles. The van der Waals surface area contributed by atoms with Crippen LogP contribution in [0.1, 0.15) is 34.1 Å². The second kappa shape index (κ2) is 6.55. The number of aromatic nitrogens is 1. The summed E-state index contributed by atoms with van der Waals surface area (Å²) in [4.78, 5) is 33.4. The van der Waals surface area contributed by atoms with E-state index in [0.29, 0.717) is 18.2 Å². The topological polar surface area (TPSA) is 53.5 Å². The molecule has 1 fully saturated rings. The van der Waals surface area contributed by atoms with E-state index >= 15 is 0 Å². The van der Waals surface area contributed by atoms with Gasteiger partial charge in [0.15, 0.2) is 0 Å². The number of benzene rings is 2. The molecule has 6 heteroatoms. The summed E-state index contributed by atoms with van der Waals surface area (Å²) in [7, 11) is 0. The Hall–Kier alpha value is -2.57. The lowest BCUT2D eigenvalue weighted by molar-refractivity contribution is -0.114. The molecule has 0 N–H and O–H groups in total. The number of thiazole rings is 1. The van der Waals surface area contributed by atoms with E-state index in [1.807, 2.05) is 24.3 Å². The van der Waals surface area contributed by atoms with Gasteiger partial charge in [-0.15, -0.1) is 11.3 Å². The van der Waals surface area contributed by atoms with E-state index < -0.39 is 11.7 Å². The second-order valence-electron chi connectivity index (χ2n) is 7.16. The van der Waals surface area contributed by atoms with Crippen molar-refractivity contribution >= 4 is 38.9 Å². The van der Waals surface area contributed by atoms with Gasteiger partial charge in [0.1, 0.15) is 0 Å². The first-order valence-electron chi connectivity index (χ1n) is 9.24. The molecule has 2 aliphatic heterocycles. The molecule has 136 valence electrons. The van der Waals surface area contributed by atoms with Crippen molar-refractivity contribution in [2.75, 3.05) is 24.7 Å². The van der Waals surface area contributed by atoms with Crippen molar-refractivity contribution in [3.8, 4) is 0 Å². The molecule has 1 saturated heterocycles. The highest BCUT2D eigenvalue weighted by Gasteiger charge is 2.37. The molecule has 5 nitrogen and oxygen atoms in total. The molecule has 0 spiro atoms. The summed E-state index contributed by atoms with van der Waals surface area (Å²) in [5, 5.41) is 1.17. The molecule has 1 aromatic heterocycles. The van der Waals surface area contributed by atoms with Crippen molar-refractivity contribution in [1.29, 1.82) is 0 Å². The largest absolute Gasteiger partial charge is 0.300 e. The van der Waals surface area contributed by atoms with Crippen LogP contribution < -0.4 is 4.90 Å². The molecule has 5 rings (SSSR count). The molecule has 27 heavy (non-hydrogen) atoms. The smallest absolute Gasteiger partial charge is 0.291 e. The summed E-state index contributed by atoms with van der Waals surface area (Å²) in [6, 6.07) is 15.5. The number of anilines is 1. The van der Waals surface area contributed by atoms with Crippen LogP contribution in [0.25, 0.3) is 10.2 Å². The lowest BCUT2D eigenvalue weighted by Gasteiger charge is -2.34. The Morgan fingerprint density at radius 3 is 2.78 bits per heavy atom. The second-order valence-corrected chi connectivity index (χ2v) is 8.22. The number of piperidine rings is 1. The third-order valence-corrected chi connectivity index (χ3v) is 6.58. The van der Waals surface area contributed by atoms with E-state index in [0.717, 1.165) is 37.1 Å². The highest BCUT2D eigenvalue weighted by molar-refractivity contribution is 7.18. The van der Waals surface area contributed by atoms with Gasteiger partial charge < -0.3 is 0 Å². The van der Waals surface area contributed by atoms with Crippen molar-refractivity contribution in [2.45, 2.75) is 18.8 Å². The van der Waals surface area contributed by atoms with Gasteiger partial charge in [0.25, 0.3) is 5.78 Å². The Kier molecular flexibility index (Phi) is 4.02. The monoisotopic (exact) mass is 377 g/mol. The number of hydrogen-bond donors (Lipinski definition) is 0. The predicted octanol–water partition coefficient (Wildman–Crippen LogP) is 3.66. The van der Waals surface area contributed by atoms with Crippen molar-refractivity contribution in [2.24, 2.45) is 0 Å². The Labute approximate surface area is 161 Å². The van der Waals surface area contributed by atoms with Crippen LogP contribution in [0.4, 0.5) is 5.69 Å². The van der Waals surface area contributed by atoms with Gasteiger partial charge in [0.2, 0.25) is 0 Å². The number of ketones is 1. The zero-order chi connectivity index (χ0) is 18.4. The number of para-hydroxylation sites is 2. The number of likely N-dealkylation sites (tertiary alicyclic amines) is 1. The quantitative estimate of drug-likeness (QED) is 0.654. The molecule has 0 radical (unpaired) electrons. The minimum atomic E-state index is -0.418. The molecule has 0 unspecified atom stereocenters. The summed E-state index contributed by atoms with van der Waals surface area (Å²) in [5.74, 6) is -0.441. The first-order chi connectivity index (χ1) is 13.2. The lowest BCUT2D eigenvalue weighted by Crippen LogP contribution is -2.44. The van der Waals surface area contributed by atoms with Crippen molar-refractivity contribution in [3.05, 3.63) is 59.1 Å². The Morgan fingerprint density at radius 2 is 1.89 bits per heavy atom. The molecular formula is C21H19N3O2S. The number of carbonyl (C=O) groups is 2. The highest BCUT2D eigenvalue weighted by atomic mass is 32.1. The van der Waals surface area contributed by atoms with Crippen LogP contribution in [0.5, 0.6) is 0 Å². The fraction of sp³-hybridized carbons (Fsp3) is 0.286. The standard InChI is InChI=1S/C21H19N3O2S/c25-19-15-7-1-3-9-17(15)24(21(19)26)13-23-11-5-6-14(12-23)20-22-16-8-2-4-10-18(16)27-20/h1-4,7-10,14H,5-6,11-13H2/t14-/m0/s1. The molecule has 3 aromatic rings. The molecular weight excluding hydrogens is 358 g/mol. The van der Waals surface area contributed by atoms with Gasteiger partial charge in [-0.2, -0.15) is 0 Å². The summed E-state index contributed by atoms with van der Waals surface area (Å²) in [6.45, 7) is 2.25. The van der Waals surface area contributed by atoms with Crippen LogP contribution in [0.15, 0.2) is 48.5 Å². The normalized spacial score (nSPS) is 20.4. The maximum absolute atomic E-state index is 12.4. The Morgan fingerprint density at radius 1 is 1.07 bits per heavy atom. The van der Waals surface area contributed by atoms with Crippen LogP contribution in [0, 0.1) is 0 Å². The Balaban J connectivity index is 1.36. The summed E-state index contributed by atoms with van der Waals surface area (Å²) in [5.41, 5.74) is 2.31. The van der Waals surface area contributed by atoms with E-state index in [1.54, 1.807) is 28.4 Å². The number of amides is 1. The SMILES string of the molecule is O=C1C(=O)N(CN2CCC[C@H](c3nc4ccccc4s3)C2)c2ccccc21. The number of carbonyl (C=O) groups excluding carboxylic acids is 2. The van der Waals surface area contributed by atoms with E-state index in [9.17, 15) is 9.59 Å². The van der Waals surface area contributed by atoms with Crippen LogP contribution in [0.2, 0.25) is 0 Å². The van der Waals surface area contributed by atoms with Crippen LogP contribution in [-0.2, 0) is 4.79 Å². The molecule has 0 saturated carbocycles. The first kappa shape index (κ1) is 16.6. The van der Waals surface area contributed by atoms with Crippen molar-refractivity contribution in [3.63, 3.8) is 0 Å². The van der Waals surface area contributed by atoms with Crippen LogP contribution >= 0.6 is 11.3 Å². The number of Topliss-reactive ketones (excluding diaryl/α,β-unsaturated/α-hetero) is 1. The van der Waals surface area contributed by atoms with Crippen LogP contribution in [0.3, 0.4) is 0 Å². The lowest BCUT2D eigenvalue weighted by atomic mass is 9.99. The van der Waals surface area contributed by atoms with Crippen LogP contribution in [-0.4, -0.2) is 41.3 Å². The molecule has 1 atom stereocenters. The highest BCUT2D eigenvalue weighted by Crippen LogP contribution is 2.34. The molecule has 0 bridgehead atoms. The van der Waals surface area contributed by atoms with Gasteiger partial charge in [0.05, 0.1) is 33.1 Å². The van der Waals surface area contributed by atoms with E-state index in [4.69, 9.17) is 4.98 Å². The predicted molar refractivity (Wildman–Crippen MR) is 106 cm³/mol. The van der Waals surface area contributed by atoms with Gasteiger partial charge >= 0.3 is 5.91 Å². The molecule has 3 heterocycles. The number of rotatable bonds is 3. The molecule has 1 amide bonds.